The minimum atomic E-state index is -0.244. The molecular formula is C14H22N4O2. The van der Waals surface area contributed by atoms with Crippen molar-refractivity contribution in [2.75, 3.05) is 13.1 Å². The van der Waals surface area contributed by atoms with Gasteiger partial charge in [0, 0.05) is 31.1 Å². The highest BCUT2D eigenvalue weighted by Crippen LogP contribution is 2.38. The lowest BCUT2D eigenvalue weighted by molar-refractivity contribution is 0.0893. The van der Waals surface area contributed by atoms with E-state index in [1.54, 1.807) is 0 Å². The third-order valence-electron chi connectivity index (χ3n) is 4.25. The van der Waals surface area contributed by atoms with Crippen molar-refractivity contribution in [1.82, 2.24) is 20.4 Å². The quantitative estimate of drug-likeness (QED) is 0.901. The lowest BCUT2D eigenvalue weighted by Gasteiger charge is -2.20. The van der Waals surface area contributed by atoms with Gasteiger partial charge in [-0.15, -0.1) is 10.2 Å². The molecule has 1 saturated carbocycles. The number of carbonyl (C=O) groups is 1. The largest absolute Gasteiger partial charge is 0.417 e. The molecule has 2 aliphatic rings. The maximum atomic E-state index is 12.2. The summed E-state index contributed by atoms with van der Waals surface area (Å²) >= 11 is 0. The molecule has 1 aromatic rings. The van der Waals surface area contributed by atoms with E-state index in [-0.39, 0.29) is 17.8 Å². The van der Waals surface area contributed by atoms with Crippen molar-refractivity contribution in [2.45, 2.75) is 51.6 Å². The van der Waals surface area contributed by atoms with E-state index in [2.05, 4.69) is 41.2 Å². The number of carbonyl (C=O) groups excluding carboxylic acids is 1. The molecular weight excluding hydrogens is 256 g/mol. The first-order valence-electron chi connectivity index (χ1n) is 7.43. The Bertz CT molecular complexity index is 495. The normalized spacial score (nSPS) is 27.2. The van der Waals surface area contributed by atoms with Crippen molar-refractivity contribution in [3.05, 3.63) is 11.8 Å². The van der Waals surface area contributed by atoms with Crippen LogP contribution in [0.2, 0.25) is 0 Å². The predicted octanol–water partition coefficient (Wildman–Crippen LogP) is 1.41. The van der Waals surface area contributed by atoms with E-state index in [1.165, 1.54) is 0 Å². The van der Waals surface area contributed by atoms with Crippen LogP contribution in [-0.4, -0.2) is 46.2 Å². The topological polar surface area (TPSA) is 71.3 Å². The molecule has 0 bridgehead atoms. The van der Waals surface area contributed by atoms with Gasteiger partial charge in [0.1, 0.15) is 0 Å². The van der Waals surface area contributed by atoms with E-state index < -0.39 is 0 Å². The lowest BCUT2D eigenvalue weighted by atomic mass is 10.1. The molecule has 1 N–H and O–H groups in total. The number of amides is 1. The van der Waals surface area contributed by atoms with Crippen LogP contribution < -0.4 is 5.32 Å². The number of nitrogens with zero attached hydrogens (tertiary/aromatic N) is 3. The van der Waals surface area contributed by atoms with Crippen molar-refractivity contribution >= 4 is 5.91 Å². The SMILES string of the molecule is CC(C)N1CC(NC(=O)c2nnc(C3CC3)o2)[C@@H](C)C1. The third kappa shape index (κ3) is 2.70. The van der Waals surface area contributed by atoms with Crippen molar-refractivity contribution < 1.29 is 9.21 Å². The molecule has 0 radical (unpaired) electrons. The minimum absolute atomic E-state index is 0.0992. The highest BCUT2D eigenvalue weighted by atomic mass is 16.4. The number of likely N-dealkylation sites (tertiary alicyclic amines) is 1. The summed E-state index contributed by atoms with van der Waals surface area (Å²) in [6.45, 7) is 8.42. The van der Waals surface area contributed by atoms with E-state index in [4.69, 9.17) is 4.42 Å². The molecule has 2 heterocycles. The predicted molar refractivity (Wildman–Crippen MR) is 73.4 cm³/mol. The van der Waals surface area contributed by atoms with Crippen LogP contribution in [0.4, 0.5) is 0 Å². The second-order valence-corrected chi connectivity index (χ2v) is 6.32. The zero-order chi connectivity index (χ0) is 14.3. The minimum Gasteiger partial charge on any atom is -0.417 e. The van der Waals surface area contributed by atoms with Crippen molar-refractivity contribution in [3.8, 4) is 0 Å². The lowest BCUT2D eigenvalue weighted by Crippen LogP contribution is -2.40. The maximum absolute atomic E-state index is 12.2. The average Bonchev–Trinajstić information content (AvgIpc) is 3.01. The Kier molecular flexibility index (Phi) is 3.50. The smallest absolute Gasteiger partial charge is 0.309 e. The van der Waals surface area contributed by atoms with Gasteiger partial charge in [0.2, 0.25) is 5.89 Å². The van der Waals surface area contributed by atoms with Crippen LogP contribution in [-0.2, 0) is 0 Å². The second-order valence-electron chi connectivity index (χ2n) is 6.32. The highest BCUT2D eigenvalue weighted by molar-refractivity contribution is 5.89. The Labute approximate surface area is 118 Å². The van der Waals surface area contributed by atoms with Gasteiger partial charge in [-0.3, -0.25) is 9.69 Å². The first kappa shape index (κ1) is 13.5. The molecule has 1 aliphatic carbocycles. The van der Waals surface area contributed by atoms with E-state index in [0.29, 0.717) is 23.8 Å². The van der Waals surface area contributed by atoms with Crippen LogP contribution in [0.25, 0.3) is 0 Å². The van der Waals surface area contributed by atoms with Gasteiger partial charge in [-0.1, -0.05) is 6.92 Å². The Morgan fingerprint density at radius 1 is 1.35 bits per heavy atom. The first-order valence-corrected chi connectivity index (χ1v) is 7.43. The molecule has 2 atom stereocenters. The van der Waals surface area contributed by atoms with Gasteiger partial charge in [0.25, 0.3) is 0 Å². The van der Waals surface area contributed by atoms with Gasteiger partial charge in [-0.2, -0.15) is 0 Å². The molecule has 1 unspecified atom stereocenters. The van der Waals surface area contributed by atoms with Gasteiger partial charge < -0.3 is 9.73 Å². The fourth-order valence-electron chi connectivity index (χ4n) is 2.67. The van der Waals surface area contributed by atoms with Crippen molar-refractivity contribution in [3.63, 3.8) is 0 Å². The third-order valence-corrected chi connectivity index (χ3v) is 4.25. The van der Waals surface area contributed by atoms with Crippen LogP contribution in [0, 0.1) is 5.92 Å². The van der Waals surface area contributed by atoms with Crippen LogP contribution in [0.1, 0.15) is 56.1 Å². The number of hydrogen-bond acceptors (Lipinski definition) is 5. The van der Waals surface area contributed by atoms with Crippen molar-refractivity contribution in [1.29, 1.82) is 0 Å². The van der Waals surface area contributed by atoms with Gasteiger partial charge in [0.05, 0.1) is 0 Å². The molecule has 1 saturated heterocycles. The Morgan fingerprint density at radius 3 is 2.70 bits per heavy atom. The van der Waals surface area contributed by atoms with Crippen LogP contribution in [0.5, 0.6) is 0 Å². The van der Waals surface area contributed by atoms with E-state index in [1.807, 2.05) is 0 Å². The molecule has 110 valence electrons. The number of rotatable bonds is 4. The van der Waals surface area contributed by atoms with Crippen LogP contribution in [0.3, 0.4) is 0 Å². The molecule has 0 aromatic carbocycles. The molecule has 20 heavy (non-hydrogen) atoms. The molecule has 1 amide bonds. The van der Waals surface area contributed by atoms with E-state index >= 15 is 0 Å². The van der Waals surface area contributed by atoms with Gasteiger partial charge in [-0.25, -0.2) is 0 Å². The van der Waals surface area contributed by atoms with Gasteiger partial charge in [0.15, 0.2) is 0 Å². The average molecular weight is 278 g/mol. The van der Waals surface area contributed by atoms with Crippen LogP contribution >= 0.6 is 0 Å². The summed E-state index contributed by atoms with van der Waals surface area (Å²) in [6.07, 6.45) is 2.18. The maximum Gasteiger partial charge on any atom is 0.309 e. The van der Waals surface area contributed by atoms with E-state index in [9.17, 15) is 4.79 Å². The Balaban J connectivity index is 1.60. The zero-order valence-electron chi connectivity index (χ0n) is 12.3. The molecule has 1 aromatic heterocycles. The number of aromatic nitrogens is 2. The second kappa shape index (κ2) is 5.16. The summed E-state index contributed by atoms with van der Waals surface area (Å²) in [4.78, 5) is 14.5. The Hall–Kier alpha value is -1.43. The zero-order valence-corrected chi connectivity index (χ0v) is 12.3. The molecule has 3 rings (SSSR count). The molecule has 2 fully saturated rings. The van der Waals surface area contributed by atoms with Crippen molar-refractivity contribution in [2.24, 2.45) is 5.92 Å². The fourth-order valence-corrected chi connectivity index (χ4v) is 2.67. The van der Waals surface area contributed by atoms with Crippen LogP contribution in [0.15, 0.2) is 4.42 Å². The first-order chi connectivity index (χ1) is 9.54. The standard InChI is InChI=1S/C14H22N4O2/c1-8(2)18-6-9(3)11(7-18)15-12(19)14-17-16-13(20-14)10-4-5-10/h8-11H,4-7H2,1-3H3,(H,15,19)/t9-,11?/m0/s1. The van der Waals surface area contributed by atoms with Gasteiger partial charge in [-0.05, 0) is 32.6 Å². The highest BCUT2D eigenvalue weighted by Gasteiger charge is 2.34. The summed E-state index contributed by atoms with van der Waals surface area (Å²) < 4.78 is 5.44. The monoisotopic (exact) mass is 278 g/mol. The van der Waals surface area contributed by atoms with E-state index in [0.717, 1.165) is 25.9 Å². The molecule has 1 aliphatic heterocycles. The molecule has 6 heteroatoms. The summed E-state index contributed by atoms with van der Waals surface area (Å²) in [5.41, 5.74) is 0. The summed E-state index contributed by atoms with van der Waals surface area (Å²) in [5, 5.41) is 10.8. The summed E-state index contributed by atoms with van der Waals surface area (Å²) in [7, 11) is 0. The Morgan fingerprint density at radius 2 is 2.10 bits per heavy atom. The number of hydrogen-bond donors (Lipinski definition) is 1. The molecule has 6 nitrogen and oxygen atoms in total. The number of nitrogens with one attached hydrogen (secondary N) is 1. The summed E-state index contributed by atoms with van der Waals surface area (Å²) in [5.74, 6) is 1.28. The molecule has 0 spiro atoms. The summed E-state index contributed by atoms with van der Waals surface area (Å²) in [6, 6.07) is 0.658. The van der Waals surface area contributed by atoms with Gasteiger partial charge >= 0.3 is 11.8 Å². The fraction of sp³-hybridized carbons (Fsp3) is 0.786.